The summed E-state index contributed by atoms with van der Waals surface area (Å²) >= 11 is 0. The number of fused-ring (bicyclic) bond motifs is 1. The van der Waals surface area contributed by atoms with Crippen LogP contribution in [0.2, 0.25) is 18.1 Å². The van der Waals surface area contributed by atoms with Gasteiger partial charge in [0.1, 0.15) is 11.9 Å². The molecule has 0 atom stereocenters. The maximum atomic E-state index is 13.1. The third kappa shape index (κ3) is 5.12. The lowest BCUT2D eigenvalue weighted by atomic mass is 9.95. The van der Waals surface area contributed by atoms with Gasteiger partial charge in [-0.25, -0.2) is 4.39 Å². The first kappa shape index (κ1) is 22.7. The smallest absolute Gasteiger partial charge is 0.247 e. The van der Waals surface area contributed by atoms with Gasteiger partial charge in [-0.2, -0.15) is 9.50 Å². The number of rotatable bonds is 6. The minimum Gasteiger partial charge on any atom is -0.474 e. The van der Waals surface area contributed by atoms with E-state index in [-0.39, 0.29) is 17.0 Å². The number of ether oxygens (including phenoxy) is 1. The molecule has 8 heteroatoms. The zero-order valence-corrected chi connectivity index (χ0v) is 20.6. The molecule has 1 aliphatic rings. The molecule has 6 nitrogen and oxygen atoms in total. The first-order chi connectivity index (χ1) is 15.1. The summed E-state index contributed by atoms with van der Waals surface area (Å²) in [6.07, 6.45) is 4.42. The summed E-state index contributed by atoms with van der Waals surface area (Å²) in [6, 6.07) is 11.8. The van der Waals surface area contributed by atoms with Gasteiger partial charge >= 0.3 is 0 Å². The van der Waals surface area contributed by atoms with E-state index >= 15 is 0 Å². The first-order valence-electron chi connectivity index (χ1n) is 11.3. The standard InChI is InChI=1S/C24H33FN4O2Si/c1-24(2,3)32(4,5)31-20-15-13-19(14-16-20)30-22-8-6-7-21-27-23(28-29(21)22)26-18-11-9-17(25)10-12-18/h6-12,19-20H,13-16H2,1-5H3,(H,26,28). The average Bonchev–Trinajstić information content (AvgIpc) is 3.14. The Hall–Kier alpha value is -2.45. The van der Waals surface area contributed by atoms with Crippen molar-refractivity contribution < 1.29 is 13.6 Å². The molecule has 0 spiro atoms. The van der Waals surface area contributed by atoms with Gasteiger partial charge in [-0.3, -0.25) is 0 Å². The van der Waals surface area contributed by atoms with E-state index in [4.69, 9.17) is 9.16 Å². The molecule has 0 bridgehead atoms. The molecule has 2 heterocycles. The molecule has 1 fully saturated rings. The lowest BCUT2D eigenvalue weighted by Crippen LogP contribution is -2.45. The molecule has 1 aromatic carbocycles. The number of hydrogen-bond donors (Lipinski definition) is 1. The number of nitrogens with zero attached hydrogens (tertiary/aromatic N) is 3. The summed E-state index contributed by atoms with van der Waals surface area (Å²) < 4.78 is 27.8. The molecule has 172 valence electrons. The molecule has 0 aliphatic heterocycles. The third-order valence-electron chi connectivity index (χ3n) is 6.60. The molecule has 1 aliphatic carbocycles. The van der Waals surface area contributed by atoms with Crippen LogP contribution in [0.4, 0.5) is 16.0 Å². The monoisotopic (exact) mass is 456 g/mol. The first-order valence-corrected chi connectivity index (χ1v) is 14.2. The molecule has 2 aromatic heterocycles. The molecule has 0 saturated heterocycles. The fraction of sp³-hybridized carbons (Fsp3) is 0.500. The molecule has 4 rings (SSSR count). The van der Waals surface area contributed by atoms with Crippen molar-refractivity contribution in [2.24, 2.45) is 0 Å². The number of hydrogen-bond acceptors (Lipinski definition) is 5. The zero-order valence-electron chi connectivity index (χ0n) is 19.6. The van der Waals surface area contributed by atoms with Gasteiger partial charge in [-0.05, 0) is 74.1 Å². The van der Waals surface area contributed by atoms with Crippen LogP contribution in [-0.2, 0) is 4.43 Å². The van der Waals surface area contributed by atoms with E-state index in [2.05, 4.69) is 49.3 Å². The predicted octanol–water partition coefficient (Wildman–Crippen LogP) is 6.32. The van der Waals surface area contributed by atoms with Gasteiger partial charge in [0.15, 0.2) is 14.0 Å². The van der Waals surface area contributed by atoms with Crippen molar-refractivity contribution in [1.82, 2.24) is 14.6 Å². The molecule has 3 aromatic rings. The normalized spacial score (nSPS) is 19.8. The van der Waals surface area contributed by atoms with Crippen LogP contribution in [0, 0.1) is 5.82 Å². The van der Waals surface area contributed by atoms with Crippen LogP contribution in [0.3, 0.4) is 0 Å². The Balaban J connectivity index is 1.39. The van der Waals surface area contributed by atoms with Crippen LogP contribution in [0.25, 0.3) is 5.65 Å². The van der Waals surface area contributed by atoms with Gasteiger partial charge in [-0.15, -0.1) is 5.10 Å². The molecule has 0 amide bonds. The van der Waals surface area contributed by atoms with Crippen LogP contribution in [-0.4, -0.2) is 35.1 Å². The van der Waals surface area contributed by atoms with Crippen molar-refractivity contribution in [2.45, 2.75) is 76.8 Å². The van der Waals surface area contributed by atoms with Crippen molar-refractivity contribution in [3.05, 3.63) is 48.3 Å². The highest BCUT2D eigenvalue weighted by atomic mass is 28.4. The maximum Gasteiger partial charge on any atom is 0.247 e. The van der Waals surface area contributed by atoms with Gasteiger partial charge in [0, 0.05) is 17.9 Å². The summed E-state index contributed by atoms with van der Waals surface area (Å²) in [5.41, 5.74) is 1.42. The molecule has 1 saturated carbocycles. The summed E-state index contributed by atoms with van der Waals surface area (Å²) in [5.74, 6) is 0.841. The van der Waals surface area contributed by atoms with E-state index in [1.165, 1.54) is 12.1 Å². The maximum absolute atomic E-state index is 13.1. The van der Waals surface area contributed by atoms with Gasteiger partial charge in [-0.1, -0.05) is 26.8 Å². The van der Waals surface area contributed by atoms with E-state index < -0.39 is 8.32 Å². The predicted molar refractivity (Wildman–Crippen MR) is 128 cm³/mol. The van der Waals surface area contributed by atoms with Gasteiger partial charge in [0.25, 0.3) is 0 Å². The van der Waals surface area contributed by atoms with Crippen molar-refractivity contribution in [1.29, 1.82) is 0 Å². The van der Waals surface area contributed by atoms with E-state index in [0.717, 1.165) is 31.4 Å². The summed E-state index contributed by atoms with van der Waals surface area (Å²) in [7, 11) is -1.75. The molecule has 0 unspecified atom stereocenters. The second-order valence-electron chi connectivity index (χ2n) is 10.1. The quantitative estimate of drug-likeness (QED) is 0.440. The second kappa shape index (κ2) is 8.82. The molecular formula is C24H33FN4O2Si. The van der Waals surface area contributed by atoms with Crippen LogP contribution in [0.1, 0.15) is 46.5 Å². The summed E-state index contributed by atoms with van der Waals surface area (Å²) in [4.78, 5) is 4.51. The minimum absolute atomic E-state index is 0.137. The van der Waals surface area contributed by atoms with E-state index in [0.29, 0.717) is 23.6 Å². The lowest BCUT2D eigenvalue weighted by molar-refractivity contribution is 0.0690. The van der Waals surface area contributed by atoms with Crippen LogP contribution in [0.15, 0.2) is 42.5 Å². The third-order valence-corrected chi connectivity index (χ3v) is 11.1. The Morgan fingerprint density at radius 3 is 2.31 bits per heavy atom. The Bertz CT molecular complexity index is 1050. The number of aromatic nitrogens is 3. The highest BCUT2D eigenvalue weighted by Crippen LogP contribution is 2.39. The van der Waals surface area contributed by atoms with Crippen molar-refractivity contribution in [2.75, 3.05) is 5.32 Å². The van der Waals surface area contributed by atoms with Gasteiger partial charge < -0.3 is 14.5 Å². The molecule has 1 N–H and O–H groups in total. The van der Waals surface area contributed by atoms with E-state index in [1.54, 1.807) is 16.6 Å². The number of anilines is 2. The Kier molecular flexibility index (Phi) is 6.27. The van der Waals surface area contributed by atoms with E-state index in [1.807, 2.05) is 18.2 Å². The minimum atomic E-state index is -1.75. The Morgan fingerprint density at radius 1 is 1.00 bits per heavy atom. The number of halogens is 1. The topological polar surface area (TPSA) is 60.7 Å². The summed E-state index contributed by atoms with van der Waals surface area (Å²) in [5, 5.41) is 7.88. The van der Waals surface area contributed by atoms with E-state index in [9.17, 15) is 4.39 Å². The van der Waals surface area contributed by atoms with Crippen LogP contribution < -0.4 is 10.1 Å². The van der Waals surface area contributed by atoms with Crippen molar-refractivity contribution >= 4 is 25.6 Å². The Labute approximate surface area is 190 Å². The van der Waals surface area contributed by atoms with Crippen molar-refractivity contribution in [3.63, 3.8) is 0 Å². The molecular weight excluding hydrogens is 423 g/mol. The van der Waals surface area contributed by atoms with Crippen LogP contribution in [0.5, 0.6) is 5.88 Å². The highest BCUT2D eigenvalue weighted by molar-refractivity contribution is 6.74. The SMILES string of the molecule is CC(C)(C)[Si](C)(C)OC1CCC(Oc2cccc3nc(Nc4ccc(F)cc4)nn23)CC1. The zero-order chi connectivity index (χ0) is 22.9. The number of benzene rings is 1. The molecule has 32 heavy (non-hydrogen) atoms. The molecule has 0 radical (unpaired) electrons. The van der Waals surface area contributed by atoms with Crippen LogP contribution >= 0.6 is 0 Å². The lowest BCUT2D eigenvalue weighted by Gasteiger charge is -2.41. The fourth-order valence-electron chi connectivity index (χ4n) is 3.72. The summed E-state index contributed by atoms with van der Waals surface area (Å²) in [6.45, 7) is 11.5. The fourth-order valence-corrected chi connectivity index (χ4v) is 5.14. The average molecular weight is 457 g/mol. The van der Waals surface area contributed by atoms with Gasteiger partial charge in [0.2, 0.25) is 11.8 Å². The van der Waals surface area contributed by atoms with Gasteiger partial charge in [0.05, 0.1) is 0 Å². The second-order valence-corrected chi connectivity index (χ2v) is 14.9. The Morgan fingerprint density at radius 2 is 1.66 bits per heavy atom. The van der Waals surface area contributed by atoms with Crippen molar-refractivity contribution in [3.8, 4) is 5.88 Å². The largest absolute Gasteiger partial charge is 0.474 e. The number of pyridine rings is 1. The number of nitrogens with one attached hydrogen (secondary N) is 1. The highest BCUT2D eigenvalue weighted by Gasteiger charge is 2.40.